The smallest absolute Gasteiger partial charge is 0.222 e. The van der Waals surface area contributed by atoms with Gasteiger partial charge in [-0.3, -0.25) is 4.98 Å². The summed E-state index contributed by atoms with van der Waals surface area (Å²) in [5.74, 6) is 0. The monoisotopic (exact) mass is 710 g/mol. The normalized spacial score (nSPS) is 12.1. The predicted molar refractivity (Wildman–Crippen MR) is 224 cm³/mol. The summed E-state index contributed by atoms with van der Waals surface area (Å²) in [5.41, 5.74) is 13.5. The van der Waals surface area contributed by atoms with Gasteiger partial charge in [0, 0.05) is 27.5 Å². The first-order chi connectivity index (χ1) is 26.4. The first-order valence-corrected chi connectivity index (χ1v) is 18.5. The summed E-state index contributed by atoms with van der Waals surface area (Å²) in [6.45, 7) is 21.9. The van der Waals surface area contributed by atoms with Gasteiger partial charge in [0.15, 0.2) is 0 Å². The van der Waals surface area contributed by atoms with E-state index in [1.165, 1.54) is 11.1 Å². The number of pyridine rings is 3. The molecule has 0 saturated carbocycles. The molecule has 0 saturated heterocycles. The second-order valence-electron chi connectivity index (χ2n) is 16.4. The van der Waals surface area contributed by atoms with Crippen LogP contribution in [-0.4, -0.2) is 19.9 Å². The van der Waals surface area contributed by atoms with Crippen LogP contribution in [0.5, 0.6) is 0 Å². The van der Waals surface area contributed by atoms with Gasteiger partial charge >= 0.3 is 0 Å². The Bertz CT molecular complexity index is 2750. The molecular formula is C49H38N6. The van der Waals surface area contributed by atoms with Gasteiger partial charge in [0.2, 0.25) is 5.69 Å². The summed E-state index contributed by atoms with van der Waals surface area (Å²) in [4.78, 5) is 23.9. The summed E-state index contributed by atoms with van der Waals surface area (Å²) >= 11 is 0. The Morgan fingerprint density at radius 2 is 1.04 bits per heavy atom. The number of nitrogens with zero attached hydrogens (tertiary/aromatic N) is 5. The number of hydrogen-bond donors (Lipinski definition) is 1. The van der Waals surface area contributed by atoms with E-state index in [0.717, 1.165) is 66.6 Å². The van der Waals surface area contributed by atoms with Crippen LogP contribution in [0.1, 0.15) is 58.2 Å². The Morgan fingerprint density at radius 1 is 0.545 bits per heavy atom. The average Bonchev–Trinajstić information content (AvgIpc) is 3.57. The molecule has 0 unspecified atom stereocenters. The molecule has 0 atom stereocenters. The zero-order chi connectivity index (χ0) is 38.2. The van der Waals surface area contributed by atoms with Crippen LogP contribution in [0.3, 0.4) is 0 Å². The average molecular weight is 711 g/mol. The Labute approximate surface area is 321 Å². The van der Waals surface area contributed by atoms with Gasteiger partial charge in [-0.2, -0.15) is 5.26 Å². The Hall–Kier alpha value is -6.89. The number of aromatic amines is 1. The van der Waals surface area contributed by atoms with Crippen LogP contribution in [0.2, 0.25) is 0 Å². The Balaban J connectivity index is 1.54. The highest BCUT2D eigenvalue weighted by Crippen LogP contribution is 2.46. The number of fused-ring (bicyclic) bond motifs is 11. The molecule has 1 aliphatic rings. The molecule has 8 aromatic rings. The number of nitrogens with one attached hydrogen (secondary N) is 1. The standard InChI is InChI=1S/C49H38N6/c1-48(2,3)30-21-34-35-22-31(49(4,5)6)24-37-42-26-33(29-17-12-9-13-18-29)46(51-7)47(54-42)40-20-14-19-39(52-40)45-38(27-50)32(28-15-10-8-11-16-28)25-41(53-45)36(23-30)43(34)55-44(35)37/h8-26,55H,1-6H3. The maximum absolute atomic E-state index is 10.9. The van der Waals surface area contributed by atoms with Crippen molar-refractivity contribution < 1.29 is 0 Å². The van der Waals surface area contributed by atoms with Crippen molar-refractivity contribution in [3.8, 4) is 73.6 Å². The second kappa shape index (κ2) is 12.3. The quantitative estimate of drug-likeness (QED) is 0.181. The first kappa shape index (κ1) is 33.9. The molecule has 55 heavy (non-hydrogen) atoms. The van der Waals surface area contributed by atoms with Crippen molar-refractivity contribution in [3.05, 3.63) is 143 Å². The molecule has 0 radical (unpaired) electrons. The molecule has 6 nitrogen and oxygen atoms in total. The lowest BCUT2D eigenvalue weighted by molar-refractivity contribution is 0.590. The van der Waals surface area contributed by atoms with E-state index in [-0.39, 0.29) is 10.8 Å². The SMILES string of the molecule is [C-]#[N+]c1c(-c2ccccc2)cc2nc1-c1cccc(n1)-c1nc(cc(-c3ccccc3)c1C#N)-c1cc(C(C)(C)C)cc3c1[nH]c1c-2cc(C(C)(C)C)cc13. The number of H-pyrrole nitrogens is 1. The van der Waals surface area contributed by atoms with Crippen LogP contribution in [0, 0.1) is 17.9 Å². The summed E-state index contributed by atoms with van der Waals surface area (Å²) in [5, 5.41) is 13.0. The van der Waals surface area contributed by atoms with E-state index in [9.17, 15) is 5.26 Å². The number of hydrogen-bond acceptors (Lipinski definition) is 4. The molecule has 0 fully saturated rings. The van der Waals surface area contributed by atoms with Crippen molar-refractivity contribution in [2.45, 2.75) is 52.4 Å². The minimum atomic E-state index is -0.176. The highest BCUT2D eigenvalue weighted by Gasteiger charge is 2.27. The Kier molecular flexibility index (Phi) is 7.61. The van der Waals surface area contributed by atoms with Crippen LogP contribution >= 0.6 is 0 Å². The molecule has 1 N–H and O–H groups in total. The van der Waals surface area contributed by atoms with Crippen molar-refractivity contribution >= 4 is 27.5 Å². The number of aromatic nitrogens is 4. The molecule has 264 valence electrons. The van der Waals surface area contributed by atoms with E-state index in [1.54, 1.807) is 0 Å². The number of rotatable bonds is 2. The van der Waals surface area contributed by atoms with E-state index in [4.69, 9.17) is 21.5 Å². The molecular weight excluding hydrogens is 673 g/mol. The minimum Gasteiger partial charge on any atom is -0.353 e. The largest absolute Gasteiger partial charge is 0.353 e. The summed E-state index contributed by atoms with van der Waals surface area (Å²) < 4.78 is 0. The van der Waals surface area contributed by atoms with Gasteiger partial charge in [0.05, 0.1) is 51.6 Å². The topological polar surface area (TPSA) is 82.6 Å². The van der Waals surface area contributed by atoms with E-state index >= 15 is 0 Å². The summed E-state index contributed by atoms with van der Waals surface area (Å²) in [6.07, 6.45) is 0. The minimum absolute atomic E-state index is 0.175. The zero-order valence-electron chi connectivity index (χ0n) is 31.7. The number of benzene rings is 4. The molecule has 0 spiro atoms. The maximum atomic E-state index is 10.9. The van der Waals surface area contributed by atoms with Crippen LogP contribution in [0.15, 0.2) is 115 Å². The Morgan fingerprint density at radius 3 is 1.55 bits per heavy atom. The molecule has 4 aromatic carbocycles. The number of nitriles is 1. The molecule has 9 rings (SSSR count). The van der Waals surface area contributed by atoms with Gasteiger partial charge in [-0.25, -0.2) is 14.8 Å². The zero-order valence-corrected chi connectivity index (χ0v) is 31.7. The first-order valence-electron chi connectivity index (χ1n) is 18.5. The van der Waals surface area contributed by atoms with Crippen molar-refractivity contribution in [2.75, 3.05) is 0 Å². The van der Waals surface area contributed by atoms with E-state index in [1.807, 2.05) is 78.9 Å². The lowest BCUT2D eigenvalue weighted by Gasteiger charge is -2.22. The molecule has 5 heterocycles. The molecule has 0 aliphatic carbocycles. The van der Waals surface area contributed by atoms with Gasteiger partial charge in [0.25, 0.3) is 0 Å². The van der Waals surface area contributed by atoms with Gasteiger partial charge in [-0.15, -0.1) is 0 Å². The highest BCUT2D eigenvalue weighted by molar-refractivity contribution is 6.16. The van der Waals surface area contributed by atoms with Crippen LogP contribution in [-0.2, 0) is 10.8 Å². The second-order valence-corrected chi connectivity index (χ2v) is 16.4. The van der Waals surface area contributed by atoms with Crippen molar-refractivity contribution in [1.82, 2.24) is 19.9 Å². The highest BCUT2D eigenvalue weighted by atomic mass is 14.9. The van der Waals surface area contributed by atoms with Crippen molar-refractivity contribution in [2.24, 2.45) is 0 Å². The summed E-state index contributed by atoms with van der Waals surface area (Å²) in [7, 11) is 0. The van der Waals surface area contributed by atoms with E-state index < -0.39 is 0 Å². The third-order valence-corrected chi connectivity index (χ3v) is 10.7. The molecule has 6 heteroatoms. The third-order valence-electron chi connectivity index (χ3n) is 10.7. The fourth-order valence-corrected chi connectivity index (χ4v) is 7.70. The van der Waals surface area contributed by atoms with Crippen LogP contribution in [0.25, 0.3) is 94.2 Å². The maximum Gasteiger partial charge on any atom is 0.222 e. The van der Waals surface area contributed by atoms with Crippen molar-refractivity contribution in [1.29, 1.82) is 5.26 Å². The lowest BCUT2D eigenvalue weighted by Crippen LogP contribution is -2.11. The van der Waals surface area contributed by atoms with Crippen molar-refractivity contribution in [3.63, 3.8) is 0 Å². The summed E-state index contributed by atoms with van der Waals surface area (Å²) in [6, 6.07) is 41.5. The van der Waals surface area contributed by atoms with E-state index in [2.05, 4.69) is 93.8 Å². The third kappa shape index (κ3) is 5.58. The molecule has 1 aliphatic heterocycles. The van der Waals surface area contributed by atoms with Crippen LogP contribution < -0.4 is 0 Å². The van der Waals surface area contributed by atoms with E-state index in [0.29, 0.717) is 34.0 Å². The molecule has 0 amide bonds. The molecule has 4 aromatic heterocycles. The fraction of sp³-hybridized carbons (Fsp3) is 0.163. The molecule has 8 bridgehead atoms. The fourth-order valence-electron chi connectivity index (χ4n) is 7.70. The van der Waals surface area contributed by atoms with Crippen LogP contribution in [0.4, 0.5) is 5.69 Å². The van der Waals surface area contributed by atoms with Gasteiger partial charge in [-0.05, 0) is 87.2 Å². The van der Waals surface area contributed by atoms with Gasteiger partial charge in [-0.1, -0.05) is 108 Å². The lowest BCUT2D eigenvalue weighted by atomic mass is 9.83. The van der Waals surface area contributed by atoms with Gasteiger partial charge < -0.3 is 4.98 Å². The van der Waals surface area contributed by atoms with Gasteiger partial charge in [0.1, 0.15) is 11.8 Å². The predicted octanol–water partition coefficient (Wildman–Crippen LogP) is 12.8.